The number of halogens is 1. The van der Waals surface area contributed by atoms with Crippen LogP contribution in [0.3, 0.4) is 0 Å². The lowest BCUT2D eigenvalue weighted by Gasteiger charge is -2.21. The minimum Gasteiger partial charge on any atom is -0.492 e. The fourth-order valence-electron chi connectivity index (χ4n) is 3.10. The van der Waals surface area contributed by atoms with E-state index in [1.807, 2.05) is 43.3 Å². The summed E-state index contributed by atoms with van der Waals surface area (Å²) in [6.07, 6.45) is 0.902. The molecule has 0 heterocycles. The van der Waals surface area contributed by atoms with E-state index >= 15 is 0 Å². The van der Waals surface area contributed by atoms with Gasteiger partial charge in [0, 0.05) is 19.2 Å². The van der Waals surface area contributed by atoms with E-state index in [0.717, 1.165) is 12.0 Å². The fourth-order valence-corrected chi connectivity index (χ4v) is 3.59. The van der Waals surface area contributed by atoms with Crippen LogP contribution < -0.4 is 15.0 Å². The van der Waals surface area contributed by atoms with E-state index in [1.165, 1.54) is 4.90 Å². The number of para-hydroxylation sites is 1. The van der Waals surface area contributed by atoms with Crippen molar-refractivity contribution in [1.82, 2.24) is 5.32 Å². The van der Waals surface area contributed by atoms with E-state index in [1.54, 1.807) is 43.4 Å². The normalized spacial score (nSPS) is 10.4. The van der Waals surface area contributed by atoms with Crippen LogP contribution in [0.1, 0.15) is 39.6 Å². The van der Waals surface area contributed by atoms with E-state index < -0.39 is 0 Å². The maximum atomic E-state index is 13.1. The molecule has 0 aliphatic carbocycles. The van der Waals surface area contributed by atoms with E-state index in [4.69, 9.17) is 4.74 Å². The molecule has 3 aromatic carbocycles. The number of amides is 2. The van der Waals surface area contributed by atoms with Gasteiger partial charge in [-0.15, -0.1) is 0 Å². The zero-order valence-corrected chi connectivity index (χ0v) is 19.2. The summed E-state index contributed by atoms with van der Waals surface area (Å²) in [6.45, 7) is 3.06. The van der Waals surface area contributed by atoms with Crippen molar-refractivity contribution in [2.45, 2.75) is 19.9 Å². The average Bonchev–Trinajstić information content (AvgIpc) is 2.81. The molecule has 0 fully saturated rings. The lowest BCUT2D eigenvalue weighted by molar-refractivity contribution is 0.0951. The number of carbonyl (C=O) groups is 2. The molecule has 0 spiro atoms. The zero-order chi connectivity index (χ0) is 22.2. The second-order valence-electron chi connectivity index (χ2n) is 7.04. The molecule has 0 saturated heterocycles. The summed E-state index contributed by atoms with van der Waals surface area (Å²) >= 11 is 3.47. The van der Waals surface area contributed by atoms with Gasteiger partial charge in [-0.25, -0.2) is 0 Å². The summed E-state index contributed by atoms with van der Waals surface area (Å²) in [6, 6.07) is 22.0. The molecule has 0 saturated carbocycles. The first-order valence-electron chi connectivity index (χ1n) is 10.1. The SMILES string of the molecule is CCCOc1ccc(C(=O)N(C)c2ccccc2C(=O)NCc2ccccc2)cc1Br. The molecule has 160 valence electrons. The molecule has 0 aliphatic rings. The number of carbonyl (C=O) groups excluding carboxylic acids is 2. The van der Waals surface area contributed by atoms with Crippen molar-refractivity contribution in [2.24, 2.45) is 0 Å². The third-order valence-corrected chi connectivity index (χ3v) is 5.37. The number of hydrogen-bond acceptors (Lipinski definition) is 3. The minimum atomic E-state index is -0.233. The van der Waals surface area contributed by atoms with Crippen LogP contribution in [-0.4, -0.2) is 25.5 Å². The average molecular weight is 481 g/mol. The van der Waals surface area contributed by atoms with Gasteiger partial charge in [-0.2, -0.15) is 0 Å². The Morgan fingerprint density at radius 2 is 1.71 bits per heavy atom. The van der Waals surface area contributed by atoms with E-state index in [9.17, 15) is 9.59 Å². The topological polar surface area (TPSA) is 58.6 Å². The maximum absolute atomic E-state index is 13.1. The Morgan fingerprint density at radius 3 is 2.42 bits per heavy atom. The lowest BCUT2D eigenvalue weighted by atomic mass is 10.1. The smallest absolute Gasteiger partial charge is 0.258 e. The zero-order valence-electron chi connectivity index (χ0n) is 17.6. The Balaban J connectivity index is 1.77. The Hall–Kier alpha value is -3.12. The largest absolute Gasteiger partial charge is 0.492 e. The van der Waals surface area contributed by atoms with Gasteiger partial charge in [0.25, 0.3) is 11.8 Å². The number of ether oxygens (including phenoxy) is 1. The van der Waals surface area contributed by atoms with Crippen molar-refractivity contribution in [3.63, 3.8) is 0 Å². The third kappa shape index (κ3) is 5.73. The Kier molecular flexibility index (Phi) is 7.84. The van der Waals surface area contributed by atoms with Gasteiger partial charge in [0.05, 0.1) is 22.3 Å². The van der Waals surface area contributed by atoms with Crippen molar-refractivity contribution in [2.75, 3.05) is 18.6 Å². The second kappa shape index (κ2) is 10.8. The molecule has 3 rings (SSSR count). The van der Waals surface area contributed by atoms with Gasteiger partial charge in [0.1, 0.15) is 5.75 Å². The fraction of sp³-hybridized carbons (Fsp3) is 0.200. The Morgan fingerprint density at radius 1 is 1.00 bits per heavy atom. The number of benzene rings is 3. The van der Waals surface area contributed by atoms with Crippen molar-refractivity contribution in [3.8, 4) is 5.75 Å². The molecule has 1 N–H and O–H groups in total. The molecule has 31 heavy (non-hydrogen) atoms. The summed E-state index contributed by atoms with van der Waals surface area (Å²) in [5.74, 6) is 0.247. The molecule has 0 atom stereocenters. The van der Waals surface area contributed by atoms with Crippen LogP contribution in [0.15, 0.2) is 77.3 Å². The van der Waals surface area contributed by atoms with Gasteiger partial charge in [-0.1, -0.05) is 49.4 Å². The standard InChI is InChI=1S/C25H25BrN2O3/c1-3-15-31-23-14-13-19(16-21(23)26)25(30)28(2)22-12-8-7-11-20(22)24(29)27-17-18-9-5-4-6-10-18/h4-14,16H,3,15,17H2,1-2H3,(H,27,29). The van der Waals surface area contributed by atoms with Gasteiger partial charge in [0.2, 0.25) is 0 Å². The lowest BCUT2D eigenvalue weighted by Crippen LogP contribution is -2.30. The highest BCUT2D eigenvalue weighted by Gasteiger charge is 2.20. The van der Waals surface area contributed by atoms with Gasteiger partial charge in [0.15, 0.2) is 0 Å². The van der Waals surface area contributed by atoms with Crippen molar-refractivity contribution < 1.29 is 14.3 Å². The number of nitrogens with one attached hydrogen (secondary N) is 1. The molecular weight excluding hydrogens is 456 g/mol. The molecule has 3 aromatic rings. The van der Waals surface area contributed by atoms with Gasteiger partial charge in [-0.05, 0) is 58.2 Å². The first-order valence-corrected chi connectivity index (χ1v) is 10.9. The summed E-state index contributed by atoms with van der Waals surface area (Å²) in [5.41, 5.74) is 2.49. The van der Waals surface area contributed by atoms with Gasteiger partial charge >= 0.3 is 0 Å². The molecule has 2 amide bonds. The first kappa shape index (κ1) is 22.6. The first-order chi connectivity index (χ1) is 15.0. The quantitative estimate of drug-likeness (QED) is 0.466. The highest BCUT2D eigenvalue weighted by molar-refractivity contribution is 9.10. The number of nitrogens with zero attached hydrogens (tertiary/aromatic N) is 1. The van der Waals surface area contributed by atoms with Crippen LogP contribution in [0.25, 0.3) is 0 Å². The van der Waals surface area contributed by atoms with E-state index in [2.05, 4.69) is 21.2 Å². The molecule has 0 aliphatic heterocycles. The Labute approximate surface area is 191 Å². The monoisotopic (exact) mass is 480 g/mol. The van der Waals surface area contributed by atoms with Crippen LogP contribution in [0.2, 0.25) is 0 Å². The van der Waals surface area contributed by atoms with Crippen LogP contribution in [0, 0.1) is 0 Å². The highest BCUT2D eigenvalue weighted by Crippen LogP contribution is 2.28. The molecule has 0 bridgehead atoms. The van der Waals surface area contributed by atoms with Crippen LogP contribution >= 0.6 is 15.9 Å². The third-order valence-electron chi connectivity index (χ3n) is 4.75. The number of anilines is 1. The van der Waals surface area contributed by atoms with Gasteiger partial charge < -0.3 is 15.0 Å². The van der Waals surface area contributed by atoms with E-state index in [0.29, 0.717) is 40.2 Å². The summed E-state index contributed by atoms with van der Waals surface area (Å²) in [5, 5.41) is 2.92. The minimum absolute atomic E-state index is 0.217. The molecule has 0 aromatic heterocycles. The van der Waals surface area contributed by atoms with Crippen molar-refractivity contribution in [1.29, 1.82) is 0 Å². The summed E-state index contributed by atoms with van der Waals surface area (Å²) in [4.78, 5) is 27.4. The molecular formula is C25H25BrN2O3. The molecule has 0 unspecified atom stereocenters. The summed E-state index contributed by atoms with van der Waals surface area (Å²) < 4.78 is 6.37. The second-order valence-corrected chi connectivity index (χ2v) is 7.90. The molecule has 6 heteroatoms. The summed E-state index contributed by atoms with van der Waals surface area (Å²) in [7, 11) is 1.67. The number of hydrogen-bond donors (Lipinski definition) is 1. The predicted molar refractivity (Wildman–Crippen MR) is 127 cm³/mol. The molecule has 5 nitrogen and oxygen atoms in total. The van der Waals surface area contributed by atoms with Crippen LogP contribution in [-0.2, 0) is 6.54 Å². The molecule has 0 radical (unpaired) electrons. The highest BCUT2D eigenvalue weighted by atomic mass is 79.9. The van der Waals surface area contributed by atoms with Crippen LogP contribution in [0.5, 0.6) is 5.75 Å². The van der Waals surface area contributed by atoms with Crippen molar-refractivity contribution >= 4 is 33.4 Å². The predicted octanol–water partition coefficient (Wildman–Crippen LogP) is 5.44. The Bertz CT molecular complexity index is 1050. The van der Waals surface area contributed by atoms with Crippen molar-refractivity contribution in [3.05, 3.63) is 94.0 Å². The van der Waals surface area contributed by atoms with Crippen LogP contribution in [0.4, 0.5) is 5.69 Å². The van der Waals surface area contributed by atoms with Gasteiger partial charge in [-0.3, -0.25) is 9.59 Å². The van der Waals surface area contributed by atoms with E-state index in [-0.39, 0.29) is 11.8 Å². The number of rotatable bonds is 8. The maximum Gasteiger partial charge on any atom is 0.258 e.